The first-order valence-electron chi connectivity index (χ1n) is 8.48. The van der Waals surface area contributed by atoms with E-state index in [0.717, 1.165) is 11.3 Å². The van der Waals surface area contributed by atoms with Crippen LogP contribution in [0, 0.1) is 17.0 Å². The van der Waals surface area contributed by atoms with E-state index in [2.05, 4.69) is 20.3 Å². The van der Waals surface area contributed by atoms with Gasteiger partial charge >= 0.3 is 0 Å². The lowest BCUT2D eigenvalue weighted by Crippen LogP contribution is -2.07. The molecule has 1 N–H and O–H groups in total. The number of rotatable bonds is 7. The fourth-order valence-electron chi connectivity index (χ4n) is 2.56. The molecular weight excluding hydrogens is 346 g/mol. The Morgan fingerprint density at radius 2 is 2.04 bits per heavy atom. The molecule has 3 aromatic rings. The summed E-state index contributed by atoms with van der Waals surface area (Å²) in [6.07, 6.45) is 1.68. The second-order valence-electron chi connectivity index (χ2n) is 5.78. The molecule has 0 amide bonds. The van der Waals surface area contributed by atoms with Crippen LogP contribution >= 0.6 is 0 Å². The lowest BCUT2D eigenvalue weighted by molar-refractivity contribution is -0.384. The number of nitrogens with zero attached hydrogens (tertiary/aromatic N) is 4. The fraction of sp³-hybridized carbons (Fsp3) is 0.211. The van der Waals surface area contributed by atoms with Gasteiger partial charge < -0.3 is 10.1 Å². The summed E-state index contributed by atoms with van der Waals surface area (Å²) >= 11 is 0. The van der Waals surface area contributed by atoms with E-state index in [1.165, 1.54) is 12.1 Å². The first-order chi connectivity index (χ1) is 13.1. The number of anilines is 1. The first kappa shape index (κ1) is 18.2. The van der Waals surface area contributed by atoms with E-state index >= 15 is 0 Å². The van der Waals surface area contributed by atoms with Crippen molar-refractivity contribution in [3.8, 4) is 17.3 Å². The lowest BCUT2D eigenvalue weighted by Gasteiger charge is -2.11. The highest BCUT2D eigenvalue weighted by molar-refractivity contribution is 5.61. The van der Waals surface area contributed by atoms with E-state index in [1.54, 1.807) is 18.3 Å². The standard InChI is InChI=1S/C19H19N5O3/c1-3-27-19-15(7-5-9-20-19)12-21-17-10-13(2)22-18(23-17)14-6-4-8-16(11-14)24(25)26/h4-11H,3,12H2,1-2H3,(H,21,22,23). The molecule has 3 rings (SSSR count). The van der Waals surface area contributed by atoms with E-state index in [-0.39, 0.29) is 5.69 Å². The number of nitro groups is 1. The summed E-state index contributed by atoms with van der Waals surface area (Å²) in [6.45, 7) is 4.77. The molecule has 0 fully saturated rings. The maximum absolute atomic E-state index is 11.0. The molecule has 0 unspecified atom stereocenters. The zero-order valence-electron chi connectivity index (χ0n) is 15.0. The Kier molecular flexibility index (Phi) is 5.55. The van der Waals surface area contributed by atoms with Crippen LogP contribution in [0.25, 0.3) is 11.4 Å². The number of non-ortho nitro benzene ring substituents is 1. The van der Waals surface area contributed by atoms with Gasteiger partial charge in [0.1, 0.15) is 5.82 Å². The fourth-order valence-corrected chi connectivity index (χ4v) is 2.56. The average molecular weight is 365 g/mol. The molecule has 138 valence electrons. The smallest absolute Gasteiger partial charge is 0.270 e. The zero-order chi connectivity index (χ0) is 19.2. The van der Waals surface area contributed by atoms with Gasteiger partial charge in [0.25, 0.3) is 5.69 Å². The Morgan fingerprint density at radius 3 is 2.81 bits per heavy atom. The second kappa shape index (κ2) is 8.22. The molecule has 0 bridgehead atoms. The minimum Gasteiger partial charge on any atom is -0.478 e. The quantitative estimate of drug-likeness (QED) is 0.502. The largest absolute Gasteiger partial charge is 0.478 e. The molecule has 0 saturated carbocycles. The van der Waals surface area contributed by atoms with Gasteiger partial charge in [-0.2, -0.15) is 0 Å². The molecule has 1 aromatic carbocycles. The highest BCUT2D eigenvalue weighted by atomic mass is 16.6. The third-order valence-corrected chi connectivity index (χ3v) is 3.76. The number of ether oxygens (including phenoxy) is 1. The van der Waals surface area contributed by atoms with E-state index in [0.29, 0.717) is 36.2 Å². The highest BCUT2D eigenvalue weighted by Gasteiger charge is 2.11. The van der Waals surface area contributed by atoms with Crippen LogP contribution in [-0.2, 0) is 6.54 Å². The summed E-state index contributed by atoms with van der Waals surface area (Å²) in [6, 6.07) is 11.9. The Morgan fingerprint density at radius 1 is 1.19 bits per heavy atom. The minimum atomic E-state index is -0.434. The van der Waals surface area contributed by atoms with E-state index in [1.807, 2.05) is 32.0 Å². The molecule has 0 atom stereocenters. The normalized spacial score (nSPS) is 10.4. The molecule has 0 radical (unpaired) electrons. The Labute approximate surface area is 156 Å². The van der Waals surface area contributed by atoms with Gasteiger partial charge in [-0.05, 0) is 19.9 Å². The number of nitro benzene ring substituents is 1. The Hall–Kier alpha value is -3.55. The monoisotopic (exact) mass is 365 g/mol. The van der Waals surface area contributed by atoms with Gasteiger partial charge in [0, 0.05) is 47.8 Å². The van der Waals surface area contributed by atoms with Crippen molar-refractivity contribution in [3.63, 3.8) is 0 Å². The molecule has 27 heavy (non-hydrogen) atoms. The van der Waals surface area contributed by atoms with E-state index < -0.39 is 4.92 Å². The summed E-state index contributed by atoms with van der Waals surface area (Å²) in [5, 5.41) is 14.2. The second-order valence-corrected chi connectivity index (χ2v) is 5.78. The predicted molar refractivity (Wildman–Crippen MR) is 102 cm³/mol. The number of aromatic nitrogens is 3. The summed E-state index contributed by atoms with van der Waals surface area (Å²) in [5.41, 5.74) is 2.26. The summed E-state index contributed by atoms with van der Waals surface area (Å²) in [4.78, 5) is 23.7. The molecule has 0 aliphatic rings. The van der Waals surface area contributed by atoms with Crippen molar-refractivity contribution in [2.24, 2.45) is 0 Å². The molecule has 0 saturated heterocycles. The number of benzene rings is 1. The molecule has 2 aromatic heterocycles. The summed E-state index contributed by atoms with van der Waals surface area (Å²) in [5.74, 6) is 1.63. The van der Waals surface area contributed by atoms with Crippen LogP contribution in [0.5, 0.6) is 5.88 Å². The molecule has 8 nitrogen and oxygen atoms in total. The van der Waals surface area contributed by atoms with Crippen LogP contribution in [0.3, 0.4) is 0 Å². The van der Waals surface area contributed by atoms with Crippen molar-refractivity contribution >= 4 is 11.5 Å². The zero-order valence-corrected chi connectivity index (χ0v) is 15.0. The van der Waals surface area contributed by atoms with Crippen molar-refractivity contribution in [2.75, 3.05) is 11.9 Å². The van der Waals surface area contributed by atoms with Crippen LogP contribution in [0.1, 0.15) is 18.2 Å². The van der Waals surface area contributed by atoms with Crippen LogP contribution in [-0.4, -0.2) is 26.5 Å². The molecule has 0 spiro atoms. The van der Waals surface area contributed by atoms with Gasteiger partial charge in [-0.1, -0.05) is 18.2 Å². The van der Waals surface area contributed by atoms with E-state index in [4.69, 9.17) is 4.74 Å². The molecule has 0 aliphatic carbocycles. The van der Waals surface area contributed by atoms with Gasteiger partial charge in [-0.3, -0.25) is 10.1 Å². The average Bonchev–Trinajstić information content (AvgIpc) is 2.67. The number of hydrogen-bond donors (Lipinski definition) is 1. The maximum atomic E-state index is 11.0. The van der Waals surface area contributed by atoms with Crippen LogP contribution in [0.2, 0.25) is 0 Å². The van der Waals surface area contributed by atoms with Crippen molar-refractivity contribution in [1.29, 1.82) is 0 Å². The molecule has 8 heteroatoms. The number of nitrogens with one attached hydrogen (secondary N) is 1. The highest BCUT2D eigenvalue weighted by Crippen LogP contribution is 2.23. The molecular formula is C19H19N5O3. The van der Waals surface area contributed by atoms with Gasteiger partial charge in [0.05, 0.1) is 11.5 Å². The van der Waals surface area contributed by atoms with Crippen LogP contribution in [0.4, 0.5) is 11.5 Å². The third kappa shape index (κ3) is 4.55. The van der Waals surface area contributed by atoms with Crippen LogP contribution in [0.15, 0.2) is 48.7 Å². The van der Waals surface area contributed by atoms with Gasteiger partial charge in [-0.15, -0.1) is 0 Å². The van der Waals surface area contributed by atoms with Crippen LogP contribution < -0.4 is 10.1 Å². The Bertz CT molecular complexity index is 962. The molecule has 2 heterocycles. The number of pyridine rings is 1. The predicted octanol–water partition coefficient (Wildman–Crippen LogP) is 3.77. The number of hydrogen-bond acceptors (Lipinski definition) is 7. The van der Waals surface area contributed by atoms with Gasteiger partial charge in [0.15, 0.2) is 5.82 Å². The van der Waals surface area contributed by atoms with Crippen molar-refractivity contribution < 1.29 is 9.66 Å². The third-order valence-electron chi connectivity index (χ3n) is 3.76. The van der Waals surface area contributed by atoms with Crippen molar-refractivity contribution in [1.82, 2.24) is 15.0 Å². The Balaban J connectivity index is 1.84. The minimum absolute atomic E-state index is 0.00355. The number of aryl methyl sites for hydroxylation is 1. The first-order valence-corrected chi connectivity index (χ1v) is 8.48. The van der Waals surface area contributed by atoms with Crippen molar-refractivity contribution in [2.45, 2.75) is 20.4 Å². The van der Waals surface area contributed by atoms with Gasteiger partial charge in [-0.25, -0.2) is 15.0 Å². The summed E-state index contributed by atoms with van der Waals surface area (Å²) in [7, 11) is 0. The van der Waals surface area contributed by atoms with Gasteiger partial charge in [0.2, 0.25) is 5.88 Å². The summed E-state index contributed by atoms with van der Waals surface area (Å²) < 4.78 is 5.53. The maximum Gasteiger partial charge on any atom is 0.270 e. The van der Waals surface area contributed by atoms with Crippen molar-refractivity contribution in [3.05, 3.63) is 70.0 Å². The topological polar surface area (TPSA) is 103 Å². The van der Waals surface area contributed by atoms with E-state index in [9.17, 15) is 10.1 Å². The SMILES string of the molecule is CCOc1ncccc1CNc1cc(C)nc(-c2cccc([N+](=O)[O-])c2)n1. The molecule has 0 aliphatic heterocycles. The lowest BCUT2D eigenvalue weighted by atomic mass is 10.2.